The Morgan fingerprint density at radius 3 is 2.68 bits per heavy atom. The van der Waals surface area contributed by atoms with Crippen LogP contribution in [0.2, 0.25) is 0 Å². The number of carboxylic acid groups (broad SMARTS) is 1. The second-order valence-corrected chi connectivity index (χ2v) is 9.05. The van der Waals surface area contributed by atoms with E-state index in [0.717, 1.165) is 11.3 Å². The van der Waals surface area contributed by atoms with E-state index in [1.807, 2.05) is 6.08 Å². The Labute approximate surface area is 169 Å². The molecule has 0 saturated heterocycles. The Kier molecular flexibility index (Phi) is 6.02. The maximum absolute atomic E-state index is 11.5. The van der Waals surface area contributed by atoms with Crippen molar-refractivity contribution in [2.45, 2.75) is 84.2 Å². The molecule has 1 aliphatic heterocycles. The van der Waals surface area contributed by atoms with Crippen molar-refractivity contribution < 1.29 is 14.6 Å². The Bertz CT molecular complexity index is 800. The maximum Gasteiger partial charge on any atom is 0.331 e. The molecule has 2 aliphatic rings. The van der Waals surface area contributed by atoms with Gasteiger partial charge >= 0.3 is 5.97 Å². The predicted octanol–water partition coefficient (Wildman–Crippen LogP) is 6.60. The molecule has 3 atom stereocenters. The molecule has 0 fully saturated rings. The number of allylic oxidation sites excluding steroid dienone is 2. The van der Waals surface area contributed by atoms with E-state index in [4.69, 9.17) is 4.74 Å². The number of unbranched alkanes of at least 4 members (excludes halogenated alkanes) is 2. The smallest absolute Gasteiger partial charge is 0.331 e. The molecule has 3 heteroatoms. The van der Waals surface area contributed by atoms with E-state index in [-0.39, 0.29) is 5.92 Å². The summed E-state index contributed by atoms with van der Waals surface area (Å²) in [5, 5.41) is 9.44. The summed E-state index contributed by atoms with van der Waals surface area (Å²) >= 11 is 0. The van der Waals surface area contributed by atoms with Crippen LogP contribution in [0.15, 0.2) is 41.5 Å². The zero-order chi connectivity index (χ0) is 20.5. The molecule has 0 saturated carbocycles. The van der Waals surface area contributed by atoms with Gasteiger partial charge in [-0.1, -0.05) is 70.7 Å². The Hall–Kier alpha value is -2.03. The first-order valence-electron chi connectivity index (χ1n) is 10.7. The fraction of sp³-hybridized carbons (Fsp3) is 0.560. The van der Waals surface area contributed by atoms with E-state index in [1.165, 1.54) is 36.8 Å². The molecule has 28 heavy (non-hydrogen) atoms. The van der Waals surface area contributed by atoms with Crippen LogP contribution in [0.5, 0.6) is 5.75 Å². The third-order valence-corrected chi connectivity index (χ3v) is 6.65. The van der Waals surface area contributed by atoms with Crippen molar-refractivity contribution in [2.75, 3.05) is 0 Å². The highest BCUT2D eigenvalue weighted by atomic mass is 16.5. The van der Waals surface area contributed by atoms with Gasteiger partial charge in [-0.3, -0.25) is 0 Å². The third-order valence-electron chi connectivity index (χ3n) is 6.65. The van der Waals surface area contributed by atoms with Gasteiger partial charge in [0.2, 0.25) is 0 Å². The molecule has 1 heterocycles. The fourth-order valence-corrected chi connectivity index (χ4v) is 4.60. The second kappa shape index (κ2) is 8.14. The zero-order valence-corrected chi connectivity index (χ0v) is 17.9. The Morgan fingerprint density at radius 1 is 1.25 bits per heavy atom. The van der Waals surface area contributed by atoms with E-state index < -0.39 is 11.6 Å². The normalized spacial score (nSPS) is 22.1. The summed E-state index contributed by atoms with van der Waals surface area (Å²) in [5.41, 5.74) is 3.65. The molecular formula is C25H34O3. The average Bonchev–Trinajstić information content (AvgIpc) is 2.66. The van der Waals surface area contributed by atoms with E-state index in [9.17, 15) is 9.90 Å². The molecule has 0 spiro atoms. The predicted molar refractivity (Wildman–Crippen MR) is 114 cm³/mol. The molecule has 152 valence electrons. The molecule has 0 amide bonds. The average molecular weight is 383 g/mol. The molecule has 1 aromatic carbocycles. The number of hydrogen-bond acceptors (Lipinski definition) is 2. The Morgan fingerprint density at radius 2 is 2.00 bits per heavy atom. The molecule has 1 N–H and O–H groups in total. The molecule has 3 rings (SSSR count). The summed E-state index contributed by atoms with van der Waals surface area (Å²) < 4.78 is 6.41. The minimum atomic E-state index is -0.827. The number of hydrogen-bond donors (Lipinski definition) is 1. The lowest BCUT2D eigenvalue weighted by Crippen LogP contribution is -2.39. The standard InChI is InChI=1S/C25H34O3/c1-6-7-8-9-16(2)17(3)18-10-12-20-21-14-19(24(26)27)11-13-22(21)25(4,5)28-23(20)15-18/h10-13,15-17,21H,6-9,14H2,1-5H3,(H,26,27). The van der Waals surface area contributed by atoms with Gasteiger partial charge in [-0.15, -0.1) is 0 Å². The lowest BCUT2D eigenvalue weighted by molar-refractivity contribution is -0.132. The number of carboxylic acids is 1. The fourth-order valence-electron chi connectivity index (χ4n) is 4.60. The van der Waals surface area contributed by atoms with Crippen LogP contribution in [0.25, 0.3) is 0 Å². The molecule has 0 bridgehead atoms. The SMILES string of the molecule is CCCCCC(C)C(C)c1ccc2c(c1)OC(C)(C)C1=CC=C(C(=O)O)CC12. The van der Waals surface area contributed by atoms with Gasteiger partial charge in [-0.05, 0) is 49.3 Å². The monoisotopic (exact) mass is 382 g/mol. The van der Waals surface area contributed by atoms with Gasteiger partial charge in [0.25, 0.3) is 0 Å². The number of benzene rings is 1. The van der Waals surface area contributed by atoms with Gasteiger partial charge in [0.15, 0.2) is 0 Å². The summed E-state index contributed by atoms with van der Waals surface area (Å²) in [6.07, 6.45) is 9.31. The van der Waals surface area contributed by atoms with Gasteiger partial charge < -0.3 is 9.84 Å². The molecule has 1 aliphatic carbocycles. The van der Waals surface area contributed by atoms with Crippen LogP contribution in [0.1, 0.15) is 89.7 Å². The molecule has 3 nitrogen and oxygen atoms in total. The number of rotatable bonds is 7. The van der Waals surface area contributed by atoms with Crippen molar-refractivity contribution in [2.24, 2.45) is 5.92 Å². The summed E-state index contributed by atoms with van der Waals surface area (Å²) in [7, 11) is 0. The molecule has 1 aromatic rings. The van der Waals surface area contributed by atoms with E-state index in [1.54, 1.807) is 6.08 Å². The quantitative estimate of drug-likeness (QED) is 0.540. The number of fused-ring (bicyclic) bond motifs is 3. The minimum absolute atomic E-state index is 0.0844. The third kappa shape index (κ3) is 4.04. The molecular weight excluding hydrogens is 348 g/mol. The van der Waals surface area contributed by atoms with Crippen molar-refractivity contribution >= 4 is 5.97 Å². The largest absolute Gasteiger partial charge is 0.483 e. The van der Waals surface area contributed by atoms with E-state index in [2.05, 4.69) is 52.8 Å². The first-order chi connectivity index (χ1) is 13.2. The first kappa shape index (κ1) is 20.7. The maximum atomic E-state index is 11.5. The lowest BCUT2D eigenvalue weighted by Gasteiger charge is -2.42. The van der Waals surface area contributed by atoms with Gasteiger partial charge in [-0.2, -0.15) is 0 Å². The van der Waals surface area contributed by atoms with Crippen LogP contribution < -0.4 is 4.74 Å². The molecule has 3 unspecified atom stereocenters. The van der Waals surface area contributed by atoms with Gasteiger partial charge in [-0.25, -0.2) is 4.79 Å². The second-order valence-electron chi connectivity index (χ2n) is 9.05. The van der Waals surface area contributed by atoms with Gasteiger partial charge in [0, 0.05) is 17.1 Å². The van der Waals surface area contributed by atoms with Crippen LogP contribution in [0.3, 0.4) is 0 Å². The number of carbonyl (C=O) groups is 1. The summed E-state index contributed by atoms with van der Waals surface area (Å²) in [4.78, 5) is 11.5. The highest BCUT2D eigenvalue weighted by molar-refractivity contribution is 5.88. The van der Waals surface area contributed by atoms with Crippen molar-refractivity contribution in [3.05, 3.63) is 52.6 Å². The zero-order valence-electron chi connectivity index (χ0n) is 17.9. The van der Waals surface area contributed by atoms with Crippen molar-refractivity contribution in [1.82, 2.24) is 0 Å². The lowest BCUT2D eigenvalue weighted by atomic mass is 9.73. The highest BCUT2D eigenvalue weighted by Gasteiger charge is 2.40. The topological polar surface area (TPSA) is 46.5 Å². The van der Waals surface area contributed by atoms with Crippen molar-refractivity contribution in [3.63, 3.8) is 0 Å². The first-order valence-corrected chi connectivity index (χ1v) is 10.7. The number of aliphatic carboxylic acids is 1. The van der Waals surface area contributed by atoms with Gasteiger partial charge in [0.1, 0.15) is 11.4 Å². The van der Waals surface area contributed by atoms with Crippen molar-refractivity contribution in [1.29, 1.82) is 0 Å². The number of ether oxygens (including phenoxy) is 1. The molecule has 0 radical (unpaired) electrons. The Balaban J connectivity index is 1.88. The van der Waals surface area contributed by atoms with Crippen molar-refractivity contribution in [3.8, 4) is 5.75 Å². The highest BCUT2D eigenvalue weighted by Crippen LogP contribution is 2.49. The van der Waals surface area contributed by atoms with Crippen LogP contribution in [0, 0.1) is 5.92 Å². The van der Waals surface area contributed by atoms with Crippen LogP contribution in [0.4, 0.5) is 0 Å². The van der Waals surface area contributed by atoms with Crippen LogP contribution in [-0.4, -0.2) is 16.7 Å². The summed E-state index contributed by atoms with van der Waals surface area (Å²) in [6, 6.07) is 6.59. The molecule has 0 aromatic heterocycles. The van der Waals surface area contributed by atoms with Crippen LogP contribution in [-0.2, 0) is 4.79 Å². The van der Waals surface area contributed by atoms with Gasteiger partial charge in [0.05, 0.1) is 0 Å². The van der Waals surface area contributed by atoms with E-state index in [0.29, 0.717) is 23.8 Å². The minimum Gasteiger partial charge on any atom is -0.483 e. The van der Waals surface area contributed by atoms with E-state index >= 15 is 0 Å². The summed E-state index contributed by atoms with van der Waals surface area (Å²) in [6.45, 7) is 11.1. The van der Waals surface area contributed by atoms with Crippen LogP contribution >= 0.6 is 0 Å². The summed E-state index contributed by atoms with van der Waals surface area (Å²) in [5.74, 6) is 1.29.